The van der Waals surface area contributed by atoms with Crippen molar-refractivity contribution in [2.75, 3.05) is 6.61 Å². The second-order valence-electron chi connectivity index (χ2n) is 8.71. The largest absolute Gasteiger partial charge is 0.376 e. The first-order valence-corrected chi connectivity index (χ1v) is 12.1. The highest BCUT2D eigenvalue weighted by molar-refractivity contribution is 7.19. The van der Waals surface area contributed by atoms with E-state index in [1.165, 1.54) is 22.2 Å². The van der Waals surface area contributed by atoms with E-state index in [0.29, 0.717) is 15.8 Å². The van der Waals surface area contributed by atoms with Gasteiger partial charge in [-0.3, -0.25) is 14.2 Å². The molecule has 33 heavy (non-hydrogen) atoms. The maximum atomic E-state index is 13.4. The number of hydrogen-bond acceptors (Lipinski definition) is 5. The molecule has 1 aromatic carbocycles. The summed E-state index contributed by atoms with van der Waals surface area (Å²) in [6.07, 6.45) is 3.83. The maximum Gasteiger partial charge on any atom is 0.263 e. The minimum atomic E-state index is -0.176. The van der Waals surface area contributed by atoms with Crippen molar-refractivity contribution in [3.8, 4) is 11.1 Å². The van der Waals surface area contributed by atoms with Gasteiger partial charge in [-0.1, -0.05) is 30.3 Å². The molecule has 6 nitrogen and oxygen atoms in total. The van der Waals surface area contributed by atoms with Crippen molar-refractivity contribution in [3.05, 3.63) is 74.9 Å². The lowest BCUT2D eigenvalue weighted by molar-refractivity contribution is 0.0948. The number of aryl methyl sites for hydroxylation is 2. The van der Waals surface area contributed by atoms with Crippen molar-refractivity contribution in [2.24, 2.45) is 0 Å². The summed E-state index contributed by atoms with van der Waals surface area (Å²) < 4.78 is 9.38. The predicted molar refractivity (Wildman–Crippen MR) is 131 cm³/mol. The normalized spacial score (nSPS) is 16.0. The van der Waals surface area contributed by atoms with Gasteiger partial charge in [0.05, 0.1) is 24.4 Å². The molecule has 0 spiro atoms. The first kappa shape index (κ1) is 21.8. The Bertz CT molecular complexity index is 1390. The van der Waals surface area contributed by atoms with E-state index < -0.39 is 0 Å². The van der Waals surface area contributed by atoms with Crippen LogP contribution in [0.4, 0.5) is 0 Å². The standard InChI is InChI=1S/C26H27N3O3S/c1-16-12-21(17(2)29(16)13-20-10-7-11-32-20)22(30)14-28-15-27-25-24(26(28)31)23(18(3)33-25)19-8-5-4-6-9-19/h4-6,8-9,12,15,20H,7,10-11,13-14H2,1-3H3. The Morgan fingerprint density at radius 1 is 1.21 bits per heavy atom. The number of rotatable bonds is 6. The molecule has 0 saturated carbocycles. The molecule has 170 valence electrons. The van der Waals surface area contributed by atoms with E-state index in [0.717, 1.165) is 53.4 Å². The summed E-state index contributed by atoms with van der Waals surface area (Å²) in [7, 11) is 0. The molecule has 3 aromatic heterocycles. The molecule has 0 radical (unpaired) electrons. The van der Waals surface area contributed by atoms with E-state index in [9.17, 15) is 9.59 Å². The second kappa shape index (κ2) is 8.72. The molecule has 1 atom stereocenters. The number of aromatic nitrogens is 3. The van der Waals surface area contributed by atoms with E-state index in [4.69, 9.17) is 4.74 Å². The zero-order chi connectivity index (χ0) is 23.1. The third kappa shape index (κ3) is 3.96. The lowest BCUT2D eigenvalue weighted by Gasteiger charge is -2.15. The van der Waals surface area contributed by atoms with Crippen LogP contribution >= 0.6 is 11.3 Å². The average Bonchev–Trinajstić information content (AvgIpc) is 3.51. The van der Waals surface area contributed by atoms with Gasteiger partial charge in [-0.05, 0) is 45.2 Å². The van der Waals surface area contributed by atoms with Gasteiger partial charge in [0, 0.05) is 40.5 Å². The second-order valence-corrected chi connectivity index (χ2v) is 9.91. The Morgan fingerprint density at radius 2 is 2.00 bits per heavy atom. The molecule has 1 aliphatic heterocycles. The van der Waals surface area contributed by atoms with Crippen molar-refractivity contribution < 1.29 is 9.53 Å². The molecule has 0 amide bonds. The third-order valence-electron chi connectivity index (χ3n) is 6.52. The summed E-state index contributed by atoms with van der Waals surface area (Å²) in [5, 5.41) is 0.586. The fraction of sp³-hybridized carbons (Fsp3) is 0.346. The summed E-state index contributed by atoms with van der Waals surface area (Å²) in [6, 6.07) is 11.8. The Balaban J connectivity index is 1.48. The number of benzene rings is 1. The van der Waals surface area contributed by atoms with Crippen LogP contribution in [0.3, 0.4) is 0 Å². The first-order chi connectivity index (χ1) is 15.9. The van der Waals surface area contributed by atoms with Gasteiger partial charge in [0.1, 0.15) is 4.83 Å². The molecule has 5 rings (SSSR count). The number of ether oxygens (including phenoxy) is 1. The lowest BCUT2D eigenvalue weighted by Crippen LogP contribution is -2.25. The number of fused-ring (bicyclic) bond motifs is 1. The van der Waals surface area contributed by atoms with Gasteiger partial charge >= 0.3 is 0 Å². The quantitative estimate of drug-likeness (QED) is 0.383. The highest BCUT2D eigenvalue weighted by atomic mass is 32.1. The minimum Gasteiger partial charge on any atom is -0.376 e. The zero-order valence-corrected chi connectivity index (χ0v) is 19.9. The Kier molecular flexibility index (Phi) is 5.76. The van der Waals surface area contributed by atoms with Crippen LogP contribution in [0.25, 0.3) is 21.3 Å². The van der Waals surface area contributed by atoms with Crippen LogP contribution in [-0.4, -0.2) is 32.6 Å². The smallest absolute Gasteiger partial charge is 0.263 e. The lowest BCUT2D eigenvalue weighted by atomic mass is 10.0. The van der Waals surface area contributed by atoms with E-state index in [1.54, 1.807) is 0 Å². The molecule has 0 bridgehead atoms. The van der Waals surface area contributed by atoms with Crippen LogP contribution in [0.2, 0.25) is 0 Å². The zero-order valence-electron chi connectivity index (χ0n) is 19.1. The van der Waals surface area contributed by atoms with Crippen LogP contribution < -0.4 is 5.56 Å². The molecule has 4 heterocycles. The van der Waals surface area contributed by atoms with Gasteiger partial charge in [0.25, 0.3) is 5.56 Å². The number of thiophene rings is 1. The molecule has 4 aromatic rings. The molecule has 0 N–H and O–H groups in total. The number of ketones is 1. The van der Waals surface area contributed by atoms with Crippen molar-refractivity contribution in [1.29, 1.82) is 0 Å². The molecule has 1 fully saturated rings. The summed E-state index contributed by atoms with van der Waals surface area (Å²) >= 11 is 1.51. The number of carbonyl (C=O) groups is 1. The van der Waals surface area contributed by atoms with Crippen LogP contribution in [0.1, 0.15) is 39.5 Å². The molecule has 1 aliphatic rings. The maximum absolute atomic E-state index is 13.4. The Hall–Kier alpha value is -3.03. The Morgan fingerprint density at radius 3 is 2.73 bits per heavy atom. The molecule has 1 unspecified atom stereocenters. The predicted octanol–water partition coefficient (Wildman–Crippen LogP) is 4.91. The number of carbonyl (C=O) groups excluding carboxylic acids is 1. The number of hydrogen-bond donors (Lipinski definition) is 0. The number of nitrogens with zero attached hydrogens (tertiary/aromatic N) is 3. The van der Waals surface area contributed by atoms with Gasteiger partial charge in [-0.25, -0.2) is 4.98 Å². The van der Waals surface area contributed by atoms with Crippen LogP contribution in [0.5, 0.6) is 0 Å². The van der Waals surface area contributed by atoms with E-state index in [2.05, 4.69) is 9.55 Å². The summed E-state index contributed by atoms with van der Waals surface area (Å²) in [4.78, 5) is 33.0. The number of Topliss-reactive ketones (excluding diaryl/α,β-unsaturated/α-hetero) is 1. The van der Waals surface area contributed by atoms with Gasteiger partial charge < -0.3 is 9.30 Å². The van der Waals surface area contributed by atoms with Crippen LogP contribution in [0, 0.1) is 20.8 Å². The monoisotopic (exact) mass is 461 g/mol. The van der Waals surface area contributed by atoms with E-state index in [1.807, 2.05) is 57.2 Å². The molecule has 0 aliphatic carbocycles. The molecule has 7 heteroatoms. The summed E-state index contributed by atoms with van der Waals surface area (Å²) in [6.45, 7) is 7.52. The van der Waals surface area contributed by atoms with E-state index >= 15 is 0 Å². The first-order valence-electron chi connectivity index (χ1n) is 11.3. The van der Waals surface area contributed by atoms with Gasteiger partial charge in [0.2, 0.25) is 0 Å². The highest BCUT2D eigenvalue weighted by Gasteiger charge is 2.22. The average molecular weight is 462 g/mol. The Labute approximate surface area is 196 Å². The molecular formula is C26H27N3O3S. The SMILES string of the molecule is Cc1sc2ncn(CC(=O)c3cc(C)n(CC4CCCO4)c3C)c(=O)c2c1-c1ccccc1. The van der Waals surface area contributed by atoms with Crippen molar-refractivity contribution in [2.45, 2.75) is 52.8 Å². The van der Waals surface area contributed by atoms with Crippen molar-refractivity contribution >= 4 is 27.3 Å². The summed E-state index contributed by atoms with van der Waals surface area (Å²) in [5.41, 5.74) is 4.33. The fourth-order valence-corrected chi connectivity index (χ4v) is 5.80. The topological polar surface area (TPSA) is 66.1 Å². The van der Waals surface area contributed by atoms with Gasteiger partial charge in [0.15, 0.2) is 5.78 Å². The van der Waals surface area contributed by atoms with Crippen LogP contribution in [-0.2, 0) is 17.8 Å². The summed E-state index contributed by atoms with van der Waals surface area (Å²) in [5.74, 6) is -0.0850. The van der Waals surface area contributed by atoms with E-state index in [-0.39, 0.29) is 24.0 Å². The molecular weight excluding hydrogens is 434 g/mol. The van der Waals surface area contributed by atoms with Gasteiger partial charge in [-0.15, -0.1) is 11.3 Å². The van der Waals surface area contributed by atoms with Gasteiger partial charge in [-0.2, -0.15) is 0 Å². The minimum absolute atomic E-state index is 0.0326. The van der Waals surface area contributed by atoms with Crippen molar-refractivity contribution in [3.63, 3.8) is 0 Å². The van der Waals surface area contributed by atoms with Crippen molar-refractivity contribution in [1.82, 2.24) is 14.1 Å². The van der Waals surface area contributed by atoms with Crippen LogP contribution in [0.15, 0.2) is 47.5 Å². The molecule has 1 saturated heterocycles. The third-order valence-corrected chi connectivity index (χ3v) is 7.53. The fourth-order valence-electron chi connectivity index (χ4n) is 4.80. The highest BCUT2D eigenvalue weighted by Crippen LogP contribution is 2.35.